The van der Waals surface area contributed by atoms with Gasteiger partial charge in [-0.15, -0.1) is 0 Å². The molecule has 1 saturated heterocycles. The number of nitrogens with zero attached hydrogens (tertiary/aromatic N) is 1. The first-order chi connectivity index (χ1) is 7.39. The van der Waals surface area contributed by atoms with Crippen LogP contribution in [0.3, 0.4) is 0 Å². The van der Waals surface area contributed by atoms with Gasteiger partial charge in [0.1, 0.15) is 5.82 Å². The normalized spacial score (nSPS) is 25.1. The fourth-order valence-corrected chi connectivity index (χ4v) is 2.34. The Labute approximate surface area is 102 Å². The number of benzene rings is 1. The highest BCUT2D eigenvalue weighted by Gasteiger charge is 2.32. The maximum atomic E-state index is 13.4. The number of hydrogen-bond donors (Lipinski definition) is 2. The largest absolute Gasteiger partial charge is 0.397 e. The summed E-state index contributed by atoms with van der Waals surface area (Å²) in [5.74, 6) is -0.337. The zero-order valence-electron chi connectivity index (χ0n) is 9.00. The van der Waals surface area contributed by atoms with Gasteiger partial charge in [0.25, 0.3) is 0 Å². The lowest BCUT2D eigenvalue weighted by molar-refractivity contribution is 0.0839. The van der Waals surface area contributed by atoms with E-state index in [0.29, 0.717) is 35.4 Å². The molecule has 3 N–H and O–H groups in total. The maximum absolute atomic E-state index is 13.4. The Morgan fingerprint density at radius 1 is 1.56 bits per heavy atom. The van der Waals surface area contributed by atoms with Crippen LogP contribution in [0.15, 0.2) is 16.6 Å². The van der Waals surface area contributed by atoms with Crippen molar-refractivity contribution in [2.24, 2.45) is 0 Å². The molecule has 1 atom stereocenters. The van der Waals surface area contributed by atoms with Crippen LogP contribution in [0.2, 0.25) is 0 Å². The second-order valence-electron chi connectivity index (χ2n) is 4.49. The fraction of sp³-hybridized carbons (Fsp3) is 0.455. The quantitative estimate of drug-likeness (QED) is 0.779. The summed E-state index contributed by atoms with van der Waals surface area (Å²) in [5.41, 5.74) is 6.30. The summed E-state index contributed by atoms with van der Waals surface area (Å²) < 4.78 is 13.8. The molecule has 0 radical (unpaired) electrons. The van der Waals surface area contributed by atoms with Crippen LogP contribution in [-0.4, -0.2) is 23.8 Å². The van der Waals surface area contributed by atoms with Crippen molar-refractivity contribution in [2.75, 3.05) is 23.7 Å². The van der Waals surface area contributed by atoms with Crippen molar-refractivity contribution in [1.29, 1.82) is 0 Å². The minimum atomic E-state index is -0.712. The molecule has 0 bridgehead atoms. The van der Waals surface area contributed by atoms with E-state index < -0.39 is 5.60 Å². The zero-order chi connectivity index (χ0) is 11.9. The van der Waals surface area contributed by atoms with Gasteiger partial charge in [-0.1, -0.05) is 0 Å². The van der Waals surface area contributed by atoms with E-state index >= 15 is 0 Å². The van der Waals surface area contributed by atoms with Crippen LogP contribution in [0, 0.1) is 5.82 Å². The van der Waals surface area contributed by atoms with E-state index in [1.165, 1.54) is 6.07 Å². The Hall–Kier alpha value is -0.810. The smallest absolute Gasteiger partial charge is 0.139 e. The summed E-state index contributed by atoms with van der Waals surface area (Å²) in [6, 6.07) is 2.96. The van der Waals surface area contributed by atoms with Gasteiger partial charge in [-0.25, -0.2) is 4.39 Å². The van der Waals surface area contributed by atoms with Crippen molar-refractivity contribution < 1.29 is 9.50 Å². The average Bonchev–Trinajstić information content (AvgIpc) is 2.52. The molecule has 1 fully saturated rings. The lowest BCUT2D eigenvalue weighted by Crippen LogP contribution is -2.30. The maximum Gasteiger partial charge on any atom is 0.139 e. The Bertz CT molecular complexity index is 423. The Morgan fingerprint density at radius 3 is 2.81 bits per heavy atom. The minimum Gasteiger partial charge on any atom is -0.397 e. The highest BCUT2D eigenvalue weighted by molar-refractivity contribution is 9.10. The molecule has 1 aromatic rings. The first-order valence-corrected chi connectivity index (χ1v) is 5.90. The molecule has 16 heavy (non-hydrogen) atoms. The molecular formula is C11H14BrFN2O. The topological polar surface area (TPSA) is 49.5 Å². The molecule has 1 aliphatic rings. The summed E-state index contributed by atoms with van der Waals surface area (Å²) in [5, 5.41) is 9.86. The van der Waals surface area contributed by atoms with E-state index in [2.05, 4.69) is 15.9 Å². The van der Waals surface area contributed by atoms with Gasteiger partial charge in [0, 0.05) is 19.2 Å². The summed E-state index contributed by atoms with van der Waals surface area (Å²) in [6.45, 7) is 2.95. The summed E-state index contributed by atoms with van der Waals surface area (Å²) in [7, 11) is 0. The van der Waals surface area contributed by atoms with Gasteiger partial charge in [0.15, 0.2) is 0 Å². The van der Waals surface area contributed by atoms with Gasteiger partial charge in [-0.3, -0.25) is 0 Å². The molecule has 0 aromatic heterocycles. The number of anilines is 2. The van der Waals surface area contributed by atoms with Crippen molar-refractivity contribution in [1.82, 2.24) is 0 Å². The SMILES string of the molecule is CC1(O)CCN(c2cc(F)c(Br)cc2N)C1. The molecule has 88 valence electrons. The van der Waals surface area contributed by atoms with E-state index in [1.54, 1.807) is 13.0 Å². The van der Waals surface area contributed by atoms with Gasteiger partial charge < -0.3 is 15.7 Å². The number of hydrogen-bond acceptors (Lipinski definition) is 3. The molecule has 5 heteroatoms. The van der Waals surface area contributed by atoms with Crippen molar-refractivity contribution in [3.63, 3.8) is 0 Å². The molecule has 2 rings (SSSR count). The predicted octanol–water partition coefficient (Wildman–Crippen LogP) is 2.13. The van der Waals surface area contributed by atoms with E-state index in [0.717, 1.165) is 0 Å². The Balaban J connectivity index is 2.32. The van der Waals surface area contributed by atoms with E-state index in [-0.39, 0.29) is 5.82 Å². The molecule has 0 aliphatic carbocycles. The number of nitrogen functional groups attached to an aromatic ring is 1. The van der Waals surface area contributed by atoms with Gasteiger partial charge >= 0.3 is 0 Å². The molecule has 1 heterocycles. The molecule has 1 aliphatic heterocycles. The van der Waals surface area contributed by atoms with Crippen molar-refractivity contribution in [3.8, 4) is 0 Å². The second-order valence-corrected chi connectivity index (χ2v) is 5.35. The standard InChI is InChI=1S/C11H14BrFN2O/c1-11(16)2-3-15(6-11)10-5-8(13)7(12)4-9(10)14/h4-5,16H,2-3,6,14H2,1H3. The number of nitrogens with two attached hydrogens (primary N) is 1. The highest BCUT2D eigenvalue weighted by atomic mass is 79.9. The van der Waals surface area contributed by atoms with Crippen LogP contribution in [0.1, 0.15) is 13.3 Å². The summed E-state index contributed by atoms with van der Waals surface area (Å²) in [6.07, 6.45) is 0.671. The van der Waals surface area contributed by atoms with Crippen LogP contribution in [0.4, 0.5) is 15.8 Å². The van der Waals surface area contributed by atoms with Crippen LogP contribution >= 0.6 is 15.9 Å². The average molecular weight is 289 g/mol. The Kier molecular flexibility index (Phi) is 2.84. The van der Waals surface area contributed by atoms with E-state index in [1.807, 2.05) is 4.90 Å². The third-order valence-electron chi connectivity index (χ3n) is 2.86. The molecule has 3 nitrogen and oxygen atoms in total. The van der Waals surface area contributed by atoms with Gasteiger partial charge in [0.2, 0.25) is 0 Å². The van der Waals surface area contributed by atoms with Gasteiger partial charge in [-0.05, 0) is 35.3 Å². The third kappa shape index (κ3) is 2.15. The Morgan fingerprint density at radius 2 is 2.25 bits per heavy atom. The van der Waals surface area contributed by atoms with Gasteiger partial charge in [0.05, 0.1) is 21.4 Å². The van der Waals surface area contributed by atoms with Crippen LogP contribution in [0.5, 0.6) is 0 Å². The monoisotopic (exact) mass is 288 g/mol. The van der Waals surface area contributed by atoms with Crippen molar-refractivity contribution in [3.05, 3.63) is 22.4 Å². The first-order valence-electron chi connectivity index (χ1n) is 5.11. The van der Waals surface area contributed by atoms with Crippen LogP contribution in [-0.2, 0) is 0 Å². The minimum absolute atomic E-state index is 0.337. The molecule has 1 unspecified atom stereocenters. The number of β-amino-alcohol motifs (C(OH)–C–C–N with tert-alkyl or cyclic N) is 1. The highest BCUT2D eigenvalue weighted by Crippen LogP contribution is 2.33. The summed E-state index contributed by atoms with van der Waals surface area (Å²) >= 11 is 3.09. The molecule has 1 aromatic carbocycles. The number of rotatable bonds is 1. The molecular weight excluding hydrogens is 275 g/mol. The molecule has 0 amide bonds. The lowest BCUT2D eigenvalue weighted by Gasteiger charge is -2.22. The van der Waals surface area contributed by atoms with Gasteiger partial charge in [-0.2, -0.15) is 0 Å². The van der Waals surface area contributed by atoms with Crippen molar-refractivity contribution in [2.45, 2.75) is 18.9 Å². The zero-order valence-corrected chi connectivity index (χ0v) is 10.6. The van der Waals surface area contributed by atoms with Crippen LogP contribution < -0.4 is 10.6 Å². The predicted molar refractivity (Wildman–Crippen MR) is 66.0 cm³/mol. The second kappa shape index (κ2) is 3.89. The molecule has 0 spiro atoms. The summed E-state index contributed by atoms with van der Waals surface area (Å²) in [4.78, 5) is 1.91. The fourth-order valence-electron chi connectivity index (χ4n) is 1.98. The number of aliphatic hydroxyl groups is 1. The van der Waals surface area contributed by atoms with E-state index in [9.17, 15) is 9.50 Å². The van der Waals surface area contributed by atoms with Crippen molar-refractivity contribution >= 4 is 27.3 Å². The first kappa shape index (κ1) is 11.7. The lowest BCUT2D eigenvalue weighted by atomic mass is 10.1. The molecule has 0 saturated carbocycles. The number of halogens is 2. The van der Waals surface area contributed by atoms with Crippen LogP contribution in [0.25, 0.3) is 0 Å². The van der Waals surface area contributed by atoms with E-state index in [4.69, 9.17) is 5.73 Å². The third-order valence-corrected chi connectivity index (χ3v) is 3.47.